The zero-order valence-electron chi connectivity index (χ0n) is 15.3. The van der Waals surface area contributed by atoms with E-state index in [0.717, 1.165) is 25.1 Å². The highest BCUT2D eigenvalue weighted by Crippen LogP contribution is 2.54. The van der Waals surface area contributed by atoms with Crippen molar-refractivity contribution in [3.63, 3.8) is 0 Å². The Morgan fingerprint density at radius 2 is 2.03 bits per heavy atom. The van der Waals surface area contributed by atoms with Crippen molar-refractivity contribution in [2.45, 2.75) is 37.5 Å². The molecule has 0 bridgehead atoms. The van der Waals surface area contributed by atoms with E-state index >= 15 is 4.39 Å². The highest BCUT2D eigenvalue weighted by molar-refractivity contribution is 6.38. The molecule has 1 aromatic carbocycles. The minimum atomic E-state index is -1.45. The molecule has 1 aromatic heterocycles. The van der Waals surface area contributed by atoms with E-state index in [-0.39, 0.29) is 45.0 Å². The number of carbonyl (C=O) groups is 1. The quantitative estimate of drug-likeness (QED) is 0.774. The van der Waals surface area contributed by atoms with Gasteiger partial charge in [-0.05, 0) is 18.9 Å². The molecule has 2 aromatic rings. The van der Waals surface area contributed by atoms with Gasteiger partial charge in [0.05, 0.1) is 27.7 Å². The second-order valence-corrected chi connectivity index (χ2v) is 8.55. The van der Waals surface area contributed by atoms with Gasteiger partial charge in [0.25, 0.3) is 0 Å². The van der Waals surface area contributed by atoms with Gasteiger partial charge in [-0.25, -0.2) is 13.6 Å². The molecular weight excluding hydrogens is 408 g/mol. The Balaban J connectivity index is 0.00000205. The van der Waals surface area contributed by atoms with Crippen molar-refractivity contribution in [2.75, 3.05) is 18.0 Å². The topological polar surface area (TPSA) is 120 Å². The maximum Gasteiger partial charge on any atom is 0.341 e. The Morgan fingerprint density at radius 3 is 2.55 bits per heavy atom. The zero-order valence-corrected chi connectivity index (χ0v) is 16.0. The van der Waals surface area contributed by atoms with Crippen molar-refractivity contribution in [3.05, 3.63) is 38.9 Å². The molecule has 3 aliphatic rings. The number of pyridine rings is 1. The number of hydrogen-bond donors (Lipinski definition) is 2. The molecule has 5 rings (SSSR count). The standard InChI is InChI=1S/C19H18ClF2N3O3.H2O/c20-14-15-8(17(26)9(18(27)28)5-25(15)12-4-10(12)21)3-11(22)16(14)24-6-13(23)19(7-24)1-2-19;/h3,5,10,12-13H,1-2,4,6-7,23H2,(H,27,28);1H2/t10-,12+,13+;/m0./s1. The summed E-state index contributed by atoms with van der Waals surface area (Å²) in [5, 5.41) is 9.16. The minimum absolute atomic E-state index is 0. The number of alkyl halides is 1. The van der Waals surface area contributed by atoms with Crippen LogP contribution in [0.4, 0.5) is 14.5 Å². The van der Waals surface area contributed by atoms with E-state index in [4.69, 9.17) is 17.3 Å². The summed E-state index contributed by atoms with van der Waals surface area (Å²) in [6, 6.07) is 0.308. The predicted molar refractivity (Wildman–Crippen MR) is 104 cm³/mol. The first-order valence-electron chi connectivity index (χ1n) is 9.18. The predicted octanol–water partition coefficient (Wildman–Crippen LogP) is 1.88. The van der Waals surface area contributed by atoms with Gasteiger partial charge in [-0.2, -0.15) is 0 Å². The van der Waals surface area contributed by atoms with Crippen molar-refractivity contribution in [3.8, 4) is 0 Å². The van der Waals surface area contributed by atoms with Crippen LogP contribution in [0.25, 0.3) is 10.9 Å². The van der Waals surface area contributed by atoms with Gasteiger partial charge in [0.1, 0.15) is 17.6 Å². The van der Waals surface area contributed by atoms with Crippen LogP contribution in [0.15, 0.2) is 17.1 Å². The maximum absolute atomic E-state index is 15.0. The number of aromatic nitrogens is 1. The van der Waals surface area contributed by atoms with Crippen LogP contribution in [0.2, 0.25) is 5.02 Å². The van der Waals surface area contributed by atoms with E-state index < -0.39 is 35.0 Å². The van der Waals surface area contributed by atoms with Crippen molar-refractivity contribution >= 4 is 34.2 Å². The number of aromatic carboxylic acids is 1. The number of hydrogen-bond acceptors (Lipinski definition) is 4. The average Bonchev–Trinajstić information content (AvgIpc) is 3.51. The van der Waals surface area contributed by atoms with Crippen LogP contribution >= 0.6 is 11.6 Å². The number of carboxylic acid groups (broad SMARTS) is 1. The molecule has 5 N–H and O–H groups in total. The molecule has 0 amide bonds. The number of carboxylic acids is 1. The highest BCUT2D eigenvalue weighted by Gasteiger charge is 2.54. The number of anilines is 1. The lowest BCUT2D eigenvalue weighted by molar-refractivity contribution is 0.0694. The molecule has 1 aliphatic heterocycles. The van der Waals surface area contributed by atoms with Crippen LogP contribution in [-0.2, 0) is 0 Å². The van der Waals surface area contributed by atoms with E-state index in [1.165, 1.54) is 4.57 Å². The fourth-order valence-corrected chi connectivity index (χ4v) is 4.84. The maximum atomic E-state index is 15.0. The third-order valence-electron chi connectivity index (χ3n) is 6.37. The van der Waals surface area contributed by atoms with Crippen LogP contribution in [0.3, 0.4) is 0 Å². The number of benzene rings is 1. The smallest absolute Gasteiger partial charge is 0.341 e. The second-order valence-electron chi connectivity index (χ2n) is 8.17. The summed E-state index contributed by atoms with van der Waals surface area (Å²) in [6.45, 7) is 1.01. The molecule has 2 aliphatic carbocycles. The first-order chi connectivity index (χ1) is 13.2. The van der Waals surface area contributed by atoms with Crippen LogP contribution in [0.5, 0.6) is 0 Å². The SMILES string of the molecule is N[C@@H]1CN(c2c(F)cc3c(=O)c(C(=O)O)cn([C@@H]4C[C@@H]4F)c3c2Cl)CC12CC2.O. The lowest BCUT2D eigenvalue weighted by Gasteiger charge is -2.23. The first kappa shape index (κ1) is 20.1. The van der Waals surface area contributed by atoms with E-state index in [2.05, 4.69) is 0 Å². The Bertz CT molecular complexity index is 1100. The van der Waals surface area contributed by atoms with E-state index in [1.54, 1.807) is 4.90 Å². The average molecular weight is 428 g/mol. The lowest BCUT2D eigenvalue weighted by Crippen LogP contribution is -2.30. The van der Waals surface area contributed by atoms with Gasteiger partial charge in [0.15, 0.2) is 0 Å². The molecule has 1 spiro atoms. The summed E-state index contributed by atoms with van der Waals surface area (Å²) in [7, 11) is 0. The summed E-state index contributed by atoms with van der Waals surface area (Å²) in [4.78, 5) is 25.8. The summed E-state index contributed by atoms with van der Waals surface area (Å²) >= 11 is 6.56. The normalized spacial score (nSPS) is 26.6. The molecule has 10 heteroatoms. The van der Waals surface area contributed by atoms with Crippen molar-refractivity contribution in [1.29, 1.82) is 0 Å². The molecule has 2 saturated carbocycles. The van der Waals surface area contributed by atoms with Crippen molar-refractivity contribution in [1.82, 2.24) is 4.57 Å². The van der Waals surface area contributed by atoms with E-state index in [1.807, 2.05) is 0 Å². The van der Waals surface area contributed by atoms with Crippen molar-refractivity contribution < 1.29 is 24.2 Å². The summed E-state index contributed by atoms with van der Waals surface area (Å²) in [6.07, 6.45) is 2.11. The first-order valence-corrected chi connectivity index (χ1v) is 9.56. The molecule has 156 valence electrons. The summed E-state index contributed by atoms with van der Waals surface area (Å²) in [5.41, 5.74) is 5.15. The molecule has 0 radical (unpaired) electrons. The molecule has 7 nitrogen and oxygen atoms in total. The van der Waals surface area contributed by atoms with Gasteiger partial charge >= 0.3 is 5.97 Å². The summed E-state index contributed by atoms with van der Waals surface area (Å²) in [5.74, 6) is -2.15. The van der Waals surface area contributed by atoms with Gasteiger partial charge in [-0.1, -0.05) is 11.6 Å². The fraction of sp³-hybridized carbons (Fsp3) is 0.474. The van der Waals surface area contributed by atoms with Crippen LogP contribution in [0.1, 0.15) is 35.7 Å². The fourth-order valence-electron chi connectivity index (χ4n) is 4.43. The number of nitrogens with zero attached hydrogens (tertiary/aromatic N) is 2. The Morgan fingerprint density at radius 1 is 1.38 bits per heavy atom. The van der Waals surface area contributed by atoms with Gasteiger partial charge in [-0.15, -0.1) is 0 Å². The van der Waals surface area contributed by atoms with Crippen LogP contribution < -0.4 is 16.1 Å². The van der Waals surface area contributed by atoms with Gasteiger partial charge in [0, 0.05) is 37.2 Å². The molecule has 3 fully saturated rings. The van der Waals surface area contributed by atoms with Crippen LogP contribution in [0, 0.1) is 11.2 Å². The molecule has 1 saturated heterocycles. The van der Waals surface area contributed by atoms with Gasteiger partial charge in [-0.3, -0.25) is 4.79 Å². The number of rotatable bonds is 3. The second kappa shape index (κ2) is 6.38. The third-order valence-corrected chi connectivity index (χ3v) is 6.73. The molecular formula is C19H20ClF2N3O4. The van der Waals surface area contributed by atoms with E-state index in [0.29, 0.717) is 13.1 Å². The Hall–Kier alpha value is -2.23. The van der Waals surface area contributed by atoms with Crippen molar-refractivity contribution in [2.24, 2.45) is 11.1 Å². The van der Waals surface area contributed by atoms with Crippen LogP contribution in [-0.4, -0.2) is 46.4 Å². The Labute approximate surface area is 169 Å². The molecule has 3 atom stereocenters. The number of nitrogens with two attached hydrogens (primary N) is 1. The highest BCUT2D eigenvalue weighted by atomic mass is 35.5. The van der Waals surface area contributed by atoms with Gasteiger partial charge in [0.2, 0.25) is 5.43 Å². The minimum Gasteiger partial charge on any atom is -0.477 e. The number of fused-ring (bicyclic) bond motifs is 1. The monoisotopic (exact) mass is 427 g/mol. The lowest BCUT2D eigenvalue weighted by atomic mass is 10.0. The molecule has 0 unspecified atom stereocenters. The van der Waals surface area contributed by atoms with E-state index in [9.17, 15) is 19.1 Å². The zero-order chi connectivity index (χ0) is 20.0. The summed E-state index contributed by atoms with van der Waals surface area (Å²) < 4.78 is 30.2. The van der Waals surface area contributed by atoms with Gasteiger partial charge < -0.3 is 25.8 Å². The largest absolute Gasteiger partial charge is 0.477 e. The number of halogens is 3. The molecule has 2 heterocycles. The Kier molecular flexibility index (Phi) is 4.42. The third kappa shape index (κ3) is 2.83. The molecule has 29 heavy (non-hydrogen) atoms.